The number of halogens is 2. The van der Waals surface area contributed by atoms with E-state index in [1.807, 2.05) is 24.4 Å². The Morgan fingerprint density at radius 3 is 2.84 bits per heavy atom. The largest absolute Gasteiger partial charge is 0.244 e. The maximum absolute atomic E-state index is 6.32. The van der Waals surface area contributed by atoms with E-state index in [9.17, 15) is 0 Å². The smallest absolute Gasteiger partial charge is 0.116 e. The van der Waals surface area contributed by atoms with Crippen molar-refractivity contribution in [3.63, 3.8) is 0 Å². The van der Waals surface area contributed by atoms with Gasteiger partial charge in [-0.05, 0) is 52.2 Å². The fraction of sp³-hybridized carbons (Fsp3) is 0.0667. The Hall–Kier alpha value is -1.45. The summed E-state index contributed by atoms with van der Waals surface area (Å²) in [5, 5.41) is 1.74. The van der Waals surface area contributed by atoms with Gasteiger partial charge in [-0.2, -0.15) is 0 Å². The molecule has 1 heterocycles. The van der Waals surface area contributed by atoms with Gasteiger partial charge in [-0.15, -0.1) is 0 Å². The minimum absolute atomic E-state index is 0.753. The predicted molar refractivity (Wildman–Crippen MR) is 82.4 cm³/mol. The summed E-state index contributed by atoms with van der Waals surface area (Å²) in [5.41, 5.74) is 4.17. The van der Waals surface area contributed by atoms with Crippen molar-refractivity contribution in [2.24, 2.45) is 0 Å². The quantitative estimate of drug-likeness (QED) is 0.625. The van der Waals surface area contributed by atoms with Crippen LogP contribution in [-0.4, -0.2) is 9.97 Å². The van der Waals surface area contributed by atoms with Crippen molar-refractivity contribution in [2.45, 2.75) is 6.92 Å². The van der Waals surface area contributed by atoms with Gasteiger partial charge < -0.3 is 0 Å². The minimum atomic E-state index is 0.753. The molecular weight excluding hydrogens is 324 g/mol. The summed E-state index contributed by atoms with van der Waals surface area (Å²) in [6.07, 6.45) is 3.36. The van der Waals surface area contributed by atoms with Crippen LogP contribution < -0.4 is 0 Å². The summed E-state index contributed by atoms with van der Waals surface area (Å²) in [4.78, 5) is 8.34. The van der Waals surface area contributed by atoms with Crippen LogP contribution >= 0.6 is 27.5 Å². The number of fused-ring (bicyclic) bond motifs is 1. The second-order valence-corrected chi connectivity index (χ2v) is 5.61. The summed E-state index contributed by atoms with van der Waals surface area (Å²) >= 11 is 9.88. The molecule has 0 fully saturated rings. The van der Waals surface area contributed by atoms with Crippen molar-refractivity contribution in [1.29, 1.82) is 0 Å². The van der Waals surface area contributed by atoms with E-state index in [2.05, 4.69) is 45.0 Å². The third-order valence-electron chi connectivity index (χ3n) is 3.07. The molecule has 0 radical (unpaired) electrons. The number of hydrogen-bond acceptors (Lipinski definition) is 2. The highest BCUT2D eigenvalue weighted by molar-refractivity contribution is 9.10. The van der Waals surface area contributed by atoms with Gasteiger partial charge in [-0.3, -0.25) is 0 Å². The Morgan fingerprint density at radius 2 is 2.05 bits per heavy atom. The molecule has 0 aliphatic carbocycles. The first-order valence-electron chi connectivity index (χ1n) is 5.81. The van der Waals surface area contributed by atoms with Gasteiger partial charge in [-0.25, -0.2) is 9.97 Å². The molecule has 0 saturated heterocycles. The number of aromatic nitrogens is 2. The summed E-state index contributed by atoms with van der Waals surface area (Å²) in [7, 11) is 0. The van der Waals surface area contributed by atoms with Crippen LogP contribution in [0, 0.1) is 6.92 Å². The number of benzene rings is 2. The molecule has 3 aromatic rings. The Kier molecular flexibility index (Phi) is 3.25. The summed E-state index contributed by atoms with van der Waals surface area (Å²) < 4.78 is 0.946. The van der Waals surface area contributed by atoms with Crippen LogP contribution in [0.3, 0.4) is 0 Å². The highest BCUT2D eigenvalue weighted by atomic mass is 79.9. The Labute approximate surface area is 124 Å². The summed E-state index contributed by atoms with van der Waals surface area (Å²) in [6.45, 7) is 2.06. The first-order chi connectivity index (χ1) is 9.16. The predicted octanol–water partition coefficient (Wildman–Crippen LogP) is 5.02. The fourth-order valence-electron chi connectivity index (χ4n) is 2.20. The molecule has 0 aliphatic heterocycles. The van der Waals surface area contributed by atoms with Gasteiger partial charge in [0.05, 0.1) is 5.52 Å². The lowest BCUT2D eigenvalue weighted by Gasteiger charge is -2.10. The van der Waals surface area contributed by atoms with Crippen molar-refractivity contribution in [3.05, 3.63) is 57.9 Å². The zero-order chi connectivity index (χ0) is 13.4. The van der Waals surface area contributed by atoms with Crippen LogP contribution in [-0.2, 0) is 0 Å². The van der Waals surface area contributed by atoms with Crippen LogP contribution in [0.15, 0.2) is 47.3 Å². The number of hydrogen-bond donors (Lipinski definition) is 0. The normalized spacial score (nSPS) is 10.9. The molecule has 0 N–H and O–H groups in total. The van der Waals surface area contributed by atoms with E-state index in [0.717, 1.165) is 37.1 Å². The zero-order valence-corrected chi connectivity index (χ0v) is 12.5. The Balaban J connectivity index is 2.32. The summed E-state index contributed by atoms with van der Waals surface area (Å²) in [5.74, 6) is 0. The third-order valence-corrected chi connectivity index (χ3v) is 3.99. The second kappa shape index (κ2) is 4.91. The van der Waals surface area contributed by atoms with E-state index in [4.69, 9.17) is 11.6 Å². The van der Waals surface area contributed by atoms with Gasteiger partial charge in [0.2, 0.25) is 0 Å². The zero-order valence-electron chi connectivity index (χ0n) is 10.2. The highest BCUT2D eigenvalue weighted by Gasteiger charge is 2.10. The Morgan fingerprint density at radius 1 is 1.21 bits per heavy atom. The third kappa shape index (κ3) is 2.24. The maximum Gasteiger partial charge on any atom is 0.116 e. The molecule has 1 aromatic heterocycles. The molecule has 19 heavy (non-hydrogen) atoms. The van der Waals surface area contributed by atoms with E-state index in [0.29, 0.717) is 0 Å². The second-order valence-electron chi connectivity index (χ2n) is 4.35. The molecule has 0 aliphatic rings. The van der Waals surface area contributed by atoms with Crippen LogP contribution in [0.1, 0.15) is 5.56 Å². The molecule has 0 spiro atoms. The van der Waals surface area contributed by atoms with E-state index in [1.54, 1.807) is 6.33 Å². The van der Waals surface area contributed by atoms with Crippen molar-refractivity contribution >= 4 is 38.4 Å². The van der Waals surface area contributed by atoms with Gasteiger partial charge in [0, 0.05) is 26.6 Å². The molecular formula is C15H10BrClN2. The Bertz CT molecular complexity index is 751. The maximum atomic E-state index is 6.32. The van der Waals surface area contributed by atoms with Crippen LogP contribution in [0.25, 0.3) is 22.0 Å². The average molecular weight is 334 g/mol. The topological polar surface area (TPSA) is 25.8 Å². The number of nitrogens with zero attached hydrogens (tertiary/aromatic N) is 2. The number of rotatable bonds is 1. The molecule has 0 atom stereocenters. The monoisotopic (exact) mass is 332 g/mol. The van der Waals surface area contributed by atoms with E-state index in [1.165, 1.54) is 0 Å². The fourth-order valence-corrected chi connectivity index (χ4v) is 3.11. The van der Waals surface area contributed by atoms with Crippen molar-refractivity contribution in [3.8, 4) is 11.1 Å². The molecule has 2 aromatic carbocycles. The first kappa shape index (κ1) is 12.6. The van der Waals surface area contributed by atoms with Gasteiger partial charge in [0.1, 0.15) is 6.33 Å². The lowest BCUT2D eigenvalue weighted by atomic mass is 9.99. The van der Waals surface area contributed by atoms with Gasteiger partial charge in [0.15, 0.2) is 0 Å². The van der Waals surface area contributed by atoms with Gasteiger partial charge in [-0.1, -0.05) is 23.7 Å². The van der Waals surface area contributed by atoms with Gasteiger partial charge in [0.25, 0.3) is 0 Å². The van der Waals surface area contributed by atoms with E-state index >= 15 is 0 Å². The van der Waals surface area contributed by atoms with Gasteiger partial charge >= 0.3 is 0 Å². The standard InChI is InChI=1S/C15H10BrClN2/c1-9-3-2-4-13(17)14(9)10-5-11-7-18-8-19-15(11)12(16)6-10/h2-8H,1H3. The SMILES string of the molecule is Cc1cccc(Cl)c1-c1cc(Br)c2ncncc2c1. The first-order valence-corrected chi connectivity index (χ1v) is 6.98. The van der Waals surface area contributed by atoms with Crippen molar-refractivity contribution in [2.75, 3.05) is 0 Å². The van der Waals surface area contributed by atoms with Crippen LogP contribution in [0.5, 0.6) is 0 Å². The molecule has 4 heteroatoms. The molecule has 2 nitrogen and oxygen atoms in total. The molecule has 0 saturated carbocycles. The van der Waals surface area contributed by atoms with E-state index < -0.39 is 0 Å². The molecule has 0 unspecified atom stereocenters. The molecule has 0 bridgehead atoms. The molecule has 94 valence electrons. The lowest BCUT2D eigenvalue weighted by molar-refractivity contribution is 1.22. The van der Waals surface area contributed by atoms with Crippen LogP contribution in [0.2, 0.25) is 5.02 Å². The number of aryl methyl sites for hydroxylation is 1. The van der Waals surface area contributed by atoms with Crippen molar-refractivity contribution < 1.29 is 0 Å². The molecule has 0 amide bonds. The van der Waals surface area contributed by atoms with Crippen LogP contribution in [0.4, 0.5) is 0 Å². The highest BCUT2D eigenvalue weighted by Crippen LogP contribution is 2.35. The lowest BCUT2D eigenvalue weighted by Crippen LogP contribution is -1.88. The summed E-state index contributed by atoms with van der Waals surface area (Å²) in [6, 6.07) is 10.0. The average Bonchev–Trinajstić information content (AvgIpc) is 2.38. The van der Waals surface area contributed by atoms with E-state index in [-0.39, 0.29) is 0 Å². The molecule has 3 rings (SSSR count). The van der Waals surface area contributed by atoms with Crippen molar-refractivity contribution in [1.82, 2.24) is 9.97 Å². The minimum Gasteiger partial charge on any atom is -0.244 e.